The summed E-state index contributed by atoms with van der Waals surface area (Å²) in [6.07, 6.45) is 7.83. The average Bonchev–Trinajstić information content (AvgIpc) is 2.31. The highest BCUT2D eigenvalue weighted by Crippen LogP contribution is 2.45. The fourth-order valence-electron chi connectivity index (χ4n) is 2.85. The summed E-state index contributed by atoms with van der Waals surface area (Å²) in [5.74, 6) is 0.810. The Labute approximate surface area is 117 Å². The topological polar surface area (TPSA) is 38.7 Å². The Balaban J connectivity index is 1.80. The van der Waals surface area contributed by atoms with Gasteiger partial charge in [-0.3, -0.25) is 0 Å². The predicted octanol–water partition coefficient (Wildman–Crippen LogP) is 3.72. The van der Waals surface area contributed by atoms with E-state index < -0.39 is 5.54 Å². The van der Waals surface area contributed by atoms with Crippen molar-refractivity contribution in [2.45, 2.75) is 44.1 Å². The molecule has 2 saturated carbocycles. The second-order valence-electron chi connectivity index (χ2n) is 5.87. The summed E-state index contributed by atoms with van der Waals surface area (Å²) in [5.41, 5.74) is 0.161. The molecule has 0 atom stereocenters. The van der Waals surface area contributed by atoms with Crippen molar-refractivity contribution in [3.63, 3.8) is 0 Å². The van der Waals surface area contributed by atoms with E-state index in [0.29, 0.717) is 18.3 Å². The van der Waals surface area contributed by atoms with Crippen molar-refractivity contribution in [2.75, 3.05) is 6.61 Å². The molecular weight excluding hydrogens is 257 g/mol. The van der Waals surface area contributed by atoms with Crippen LogP contribution in [0.25, 0.3) is 0 Å². The Morgan fingerprint density at radius 2 is 2.10 bits per heavy atom. The molecule has 2 aliphatic rings. The van der Waals surface area contributed by atoms with Crippen molar-refractivity contribution in [3.8, 4) is 5.75 Å². The van der Waals surface area contributed by atoms with Gasteiger partial charge < -0.3 is 4.74 Å². The third-order valence-corrected chi connectivity index (χ3v) is 4.56. The number of rotatable bonds is 5. The molecule has 0 radical (unpaired) electrons. The smallest absolute Gasteiger partial charge is 0.235 e. The number of benzene rings is 1. The molecule has 2 fully saturated rings. The Morgan fingerprint density at radius 3 is 2.65 bits per heavy atom. The van der Waals surface area contributed by atoms with Crippen LogP contribution in [0.5, 0.6) is 5.75 Å². The fourth-order valence-corrected chi connectivity index (χ4v) is 2.85. The van der Waals surface area contributed by atoms with Gasteiger partial charge in [-0.2, -0.15) is 4.99 Å². The van der Waals surface area contributed by atoms with Crippen molar-refractivity contribution in [2.24, 2.45) is 10.9 Å². The van der Waals surface area contributed by atoms with Crippen LogP contribution in [-0.4, -0.2) is 12.7 Å². The Morgan fingerprint density at radius 1 is 1.30 bits per heavy atom. The van der Waals surface area contributed by atoms with E-state index in [1.807, 2.05) is 6.07 Å². The molecule has 0 amide bonds. The Bertz CT molecular complexity index is 543. The van der Waals surface area contributed by atoms with Crippen LogP contribution in [0.3, 0.4) is 0 Å². The molecule has 106 valence electrons. The summed E-state index contributed by atoms with van der Waals surface area (Å²) < 4.78 is 19.5. The minimum absolute atomic E-state index is 0.335. The maximum Gasteiger partial charge on any atom is 0.235 e. The summed E-state index contributed by atoms with van der Waals surface area (Å²) in [6.45, 7) is 0.646. The van der Waals surface area contributed by atoms with E-state index in [1.165, 1.54) is 31.4 Å². The molecule has 20 heavy (non-hydrogen) atoms. The molecule has 0 saturated heterocycles. The quantitative estimate of drug-likeness (QED) is 0.607. The first-order chi connectivity index (χ1) is 9.72. The number of aliphatic imine (C=N–C) groups is 1. The van der Waals surface area contributed by atoms with E-state index in [0.717, 1.165) is 24.8 Å². The lowest BCUT2D eigenvalue weighted by Gasteiger charge is -2.37. The molecule has 3 rings (SSSR count). The van der Waals surface area contributed by atoms with E-state index >= 15 is 0 Å². The van der Waals surface area contributed by atoms with E-state index in [4.69, 9.17) is 4.74 Å². The molecule has 3 nitrogen and oxygen atoms in total. The van der Waals surface area contributed by atoms with Gasteiger partial charge in [0.15, 0.2) is 0 Å². The first-order valence-electron chi connectivity index (χ1n) is 7.25. The van der Waals surface area contributed by atoms with Gasteiger partial charge in [-0.15, -0.1) is 0 Å². The zero-order valence-electron chi connectivity index (χ0n) is 11.4. The molecule has 4 heteroatoms. The van der Waals surface area contributed by atoms with E-state index in [9.17, 15) is 9.18 Å². The van der Waals surface area contributed by atoms with Gasteiger partial charge in [0.05, 0.1) is 12.1 Å². The standard InChI is InChI=1S/C16H18FNO2/c17-14-7-13(16(18-11-19)5-2-6-16)8-15(9-14)20-10-12-3-1-4-12/h7-9,12H,1-6,10H2. The molecule has 1 aromatic rings. The molecular formula is C16H18FNO2. The SMILES string of the molecule is O=C=NC1(c2cc(F)cc(OCC3CCC3)c2)CCC1. The minimum atomic E-state index is -0.571. The number of hydrogen-bond acceptors (Lipinski definition) is 3. The highest BCUT2D eigenvalue weighted by atomic mass is 19.1. The van der Waals surface area contributed by atoms with Gasteiger partial charge in [-0.25, -0.2) is 9.18 Å². The second kappa shape index (κ2) is 5.37. The summed E-state index contributed by atoms with van der Waals surface area (Å²) in [6, 6.07) is 4.68. The Kier molecular flexibility index (Phi) is 3.58. The van der Waals surface area contributed by atoms with Crippen molar-refractivity contribution in [1.29, 1.82) is 0 Å². The van der Waals surface area contributed by atoms with Crippen LogP contribution < -0.4 is 4.74 Å². The van der Waals surface area contributed by atoms with Gasteiger partial charge in [0.2, 0.25) is 6.08 Å². The monoisotopic (exact) mass is 275 g/mol. The largest absolute Gasteiger partial charge is 0.493 e. The molecule has 0 bridgehead atoms. The van der Waals surface area contributed by atoms with Crippen LogP contribution in [0.15, 0.2) is 23.2 Å². The Hall–Kier alpha value is -1.67. The molecule has 0 N–H and O–H groups in total. The first kappa shape index (κ1) is 13.3. The number of isocyanates is 1. The van der Waals surface area contributed by atoms with Crippen LogP contribution in [0.2, 0.25) is 0 Å². The first-order valence-corrected chi connectivity index (χ1v) is 7.25. The average molecular weight is 275 g/mol. The van der Waals surface area contributed by atoms with Crippen LogP contribution in [0.1, 0.15) is 44.1 Å². The van der Waals surface area contributed by atoms with Crippen molar-refractivity contribution in [1.82, 2.24) is 0 Å². The predicted molar refractivity (Wildman–Crippen MR) is 72.9 cm³/mol. The molecule has 0 spiro atoms. The van der Waals surface area contributed by atoms with Crippen molar-refractivity contribution in [3.05, 3.63) is 29.6 Å². The molecule has 0 aliphatic heterocycles. The van der Waals surface area contributed by atoms with Crippen LogP contribution in [0.4, 0.5) is 4.39 Å². The minimum Gasteiger partial charge on any atom is -0.493 e. The maximum atomic E-state index is 13.8. The molecule has 0 aromatic heterocycles. The van der Waals surface area contributed by atoms with Crippen LogP contribution in [0, 0.1) is 11.7 Å². The van der Waals surface area contributed by atoms with E-state index in [1.54, 1.807) is 6.08 Å². The molecule has 1 aromatic carbocycles. The summed E-state index contributed by atoms with van der Waals surface area (Å²) in [5, 5.41) is 0. The normalized spacial score (nSPS) is 20.4. The van der Waals surface area contributed by atoms with Crippen molar-refractivity contribution < 1.29 is 13.9 Å². The van der Waals surface area contributed by atoms with E-state index in [-0.39, 0.29) is 5.82 Å². The highest BCUT2D eigenvalue weighted by Gasteiger charge is 2.39. The highest BCUT2D eigenvalue weighted by molar-refractivity contribution is 5.42. The third kappa shape index (κ3) is 2.48. The number of nitrogens with zero attached hydrogens (tertiary/aromatic N) is 1. The van der Waals surface area contributed by atoms with Crippen LogP contribution >= 0.6 is 0 Å². The van der Waals surface area contributed by atoms with Gasteiger partial charge in [0.1, 0.15) is 11.6 Å². The molecule has 0 unspecified atom stereocenters. The van der Waals surface area contributed by atoms with Crippen molar-refractivity contribution >= 4 is 6.08 Å². The second-order valence-corrected chi connectivity index (χ2v) is 5.87. The van der Waals surface area contributed by atoms with Gasteiger partial charge >= 0.3 is 0 Å². The van der Waals surface area contributed by atoms with Gasteiger partial charge in [0, 0.05) is 6.07 Å². The number of carbonyl (C=O) groups excluding carboxylic acids is 1. The number of halogens is 1. The summed E-state index contributed by atoms with van der Waals surface area (Å²) in [4.78, 5) is 14.5. The third-order valence-electron chi connectivity index (χ3n) is 4.56. The zero-order chi connectivity index (χ0) is 14.0. The summed E-state index contributed by atoms with van der Waals surface area (Å²) in [7, 11) is 0. The zero-order valence-corrected chi connectivity index (χ0v) is 11.4. The number of hydrogen-bond donors (Lipinski definition) is 0. The molecule has 2 aliphatic carbocycles. The van der Waals surface area contributed by atoms with Gasteiger partial charge in [-0.05, 0) is 55.7 Å². The van der Waals surface area contributed by atoms with Crippen LogP contribution in [-0.2, 0) is 10.3 Å². The summed E-state index contributed by atoms with van der Waals surface area (Å²) >= 11 is 0. The number of ether oxygens (including phenoxy) is 1. The maximum absolute atomic E-state index is 13.8. The van der Waals surface area contributed by atoms with E-state index in [2.05, 4.69) is 4.99 Å². The lowest BCUT2D eigenvalue weighted by Crippen LogP contribution is -2.32. The molecule has 0 heterocycles. The van der Waals surface area contributed by atoms with Gasteiger partial charge in [-0.1, -0.05) is 6.42 Å². The lowest BCUT2D eigenvalue weighted by atomic mass is 9.72. The lowest BCUT2D eigenvalue weighted by molar-refractivity contribution is 0.179. The van der Waals surface area contributed by atoms with Gasteiger partial charge in [0.25, 0.3) is 0 Å². The fraction of sp³-hybridized carbons (Fsp3) is 0.562.